The maximum Gasteiger partial charge on any atom is 0.261 e. The molecule has 0 radical (unpaired) electrons. The van der Waals surface area contributed by atoms with E-state index in [1.807, 2.05) is 24.3 Å². The van der Waals surface area contributed by atoms with Crippen LogP contribution in [-0.2, 0) is 6.54 Å². The van der Waals surface area contributed by atoms with Crippen molar-refractivity contribution >= 4 is 11.8 Å². The van der Waals surface area contributed by atoms with Gasteiger partial charge in [-0.15, -0.1) is 0 Å². The molecular weight excluding hydrogens is 408 g/mol. The molecule has 4 heteroatoms. The molecule has 1 aliphatic heterocycles. The minimum absolute atomic E-state index is 0.0209. The molecule has 4 nitrogen and oxygen atoms in total. The largest absolute Gasteiger partial charge is 0.287 e. The molecule has 166 valence electrons. The van der Waals surface area contributed by atoms with Crippen molar-refractivity contribution in [3.8, 4) is 0 Å². The monoisotopic (exact) mass is 436 g/mol. The number of hydrogen-bond acceptors (Lipinski definition) is 3. The Morgan fingerprint density at radius 2 is 1.33 bits per heavy atom. The molecule has 3 atom stereocenters. The van der Waals surface area contributed by atoms with Crippen molar-refractivity contribution in [2.75, 3.05) is 0 Å². The third-order valence-electron chi connectivity index (χ3n) is 6.94. The highest BCUT2D eigenvalue weighted by Crippen LogP contribution is 2.35. The summed E-state index contributed by atoms with van der Waals surface area (Å²) in [7, 11) is 0. The number of fused-ring (bicyclic) bond motifs is 1. The molecule has 0 aromatic heterocycles. The van der Waals surface area contributed by atoms with Crippen LogP contribution in [0.5, 0.6) is 0 Å². The molecule has 5 rings (SSSR count). The molecule has 3 aromatic carbocycles. The Morgan fingerprint density at radius 1 is 0.788 bits per heavy atom. The van der Waals surface area contributed by atoms with Gasteiger partial charge in [0.15, 0.2) is 0 Å². The smallest absolute Gasteiger partial charge is 0.261 e. The van der Waals surface area contributed by atoms with Gasteiger partial charge in [-0.3, -0.25) is 19.4 Å². The van der Waals surface area contributed by atoms with Gasteiger partial charge in [-0.2, -0.15) is 0 Å². The topological polar surface area (TPSA) is 40.6 Å². The Hall–Kier alpha value is -3.50. The zero-order valence-corrected chi connectivity index (χ0v) is 18.8. The normalized spacial score (nSPS) is 20.8. The maximum atomic E-state index is 13.3. The van der Waals surface area contributed by atoms with Gasteiger partial charge in [0.1, 0.15) is 0 Å². The van der Waals surface area contributed by atoms with Crippen LogP contribution < -0.4 is 0 Å². The van der Waals surface area contributed by atoms with Crippen molar-refractivity contribution < 1.29 is 9.59 Å². The first-order chi connectivity index (χ1) is 16.1. The summed E-state index contributed by atoms with van der Waals surface area (Å²) in [4.78, 5) is 30.7. The van der Waals surface area contributed by atoms with Gasteiger partial charge >= 0.3 is 0 Å². The van der Waals surface area contributed by atoms with Gasteiger partial charge in [0.05, 0.1) is 17.2 Å². The molecule has 1 heterocycles. The zero-order chi connectivity index (χ0) is 22.8. The van der Waals surface area contributed by atoms with E-state index in [9.17, 15) is 9.59 Å². The van der Waals surface area contributed by atoms with Gasteiger partial charge in [-0.25, -0.2) is 0 Å². The van der Waals surface area contributed by atoms with E-state index in [0.29, 0.717) is 17.5 Å². The molecule has 0 saturated carbocycles. The highest BCUT2D eigenvalue weighted by Gasteiger charge is 2.44. The van der Waals surface area contributed by atoms with Crippen LogP contribution in [0.3, 0.4) is 0 Å². The van der Waals surface area contributed by atoms with Crippen molar-refractivity contribution in [1.82, 2.24) is 9.80 Å². The quantitative estimate of drug-likeness (QED) is 0.371. The SMILES string of the molecule is C[C@H](c1ccccc1)N(Cc1ccccc1)[C@@H]1CC=CC[C@H]1N1C(=O)c2ccccc2C1=O. The van der Waals surface area contributed by atoms with Crippen molar-refractivity contribution in [3.63, 3.8) is 0 Å². The maximum absolute atomic E-state index is 13.3. The molecule has 3 aromatic rings. The second-order valence-electron chi connectivity index (χ2n) is 8.85. The summed E-state index contributed by atoms with van der Waals surface area (Å²) in [6.45, 7) is 2.96. The highest BCUT2D eigenvalue weighted by molar-refractivity contribution is 6.21. The lowest BCUT2D eigenvalue weighted by Crippen LogP contribution is -2.54. The van der Waals surface area contributed by atoms with Gasteiger partial charge in [0.25, 0.3) is 11.8 Å². The van der Waals surface area contributed by atoms with E-state index in [2.05, 4.69) is 72.5 Å². The second kappa shape index (κ2) is 9.16. The van der Waals surface area contributed by atoms with Gasteiger partial charge in [0, 0.05) is 18.6 Å². The number of rotatable bonds is 6. The van der Waals surface area contributed by atoms with Crippen molar-refractivity contribution in [3.05, 3.63) is 119 Å². The summed E-state index contributed by atoms with van der Waals surface area (Å²) in [6.07, 6.45) is 5.76. The Bertz CT molecular complexity index is 1140. The highest BCUT2D eigenvalue weighted by atomic mass is 16.2. The number of amides is 2. The van der Waals surface area contributed by atoms with Crippen LogP contribution in [0.1, 0.15) is 57.7 Å². The molecular formula is C29H28N2O2. The molecule has 1 aliphatic carbocycles. The second-order valence-corrected chi connectivity index (χ2v) is 8.85. The predicted molar refractivity (Wildman–Crippen MR) is 130 cm³/mol. The van der Waals surface area contributed by atoms with Crippen LogP contribution in [0.15, 0.2) is 97.1 Å². The number of benzene rings is 3. The fraction of sp³-hybridized carbons (Fsp3) is 0.241. The first-order valence-corrected chi connectivity index (χ1v) is 11.6. The molecule has 0 spiro atoms. The molecule has 0 N–H and O–H groups in total. The van der Waals surface area contributed by atoms with Gasteiger partial charge in [-0.1, -0.05) is 84.9 Å². The van der Waals surface area contributed by atoms with Crippen molar-refractivity contribution in [1.29, 1.82) is 0 Å². The minimum Gasteiger partial charge on any atom is -0.287 e. The summed E-state index contributed by atoms with van der Waals surface area (Å²) in [5, 5.41) is 0. The zero-order valence-electron chi connectivity index (χ0n) is 18.8. The number of carbonyl (C=O) groups is 2. The average Bonchev–Trinajstić information content (AvgIpc) is 3.13. The molecule has 33 heavy (non-hydrogen) atoms. The lowest BCUT2D eigenvalue weighted by molar-refractivity contribution is 0.0334. The first-order valence-electron chi connectivity index (χ1n) is 11.6. The number of imide groups is 1. The minimum atomic E-state index is -0.211. The molecule has 2 amide bonds. The number of hydrogen-bond donors (Lipinski definition) is 0. The summed E-state index contributed by atoms with van der Waals surface area (Å²) in [5.41, 5.74) is 3.48. The molecule has 2 aliphatic rings. The van der Waals surface area contributed by atoms with Crippen LogP contribution in [0.4, 0.5) is 0 Å². The Morgan fingerprint density at radius 3 is 1.97 bits per heavy atom. The van der Waals surface area contributed by atoms with E-state index in [1.54, 1.807) is 12.1 Å². The van der Waals surface area contributed by atoms with Crippen LogP contribution in [0.2, 0.25) is 0 Å². The fourth-order valence-corrected chi connectivity index (χ4v) is 5.19. The third kappa shape index (κ3) is 4.03. The summed E-state index contributed by atoms with van der Waals surface area (Å²) in [5.74, 6) is -0.346. The van der Waals surface area contributed by atoms with Crippen LogP contribution >= 0.6 is 0 Å². The van der Waals surface area contributed by atoms with Gasteiger partial charge in [0.2, 0.25) is 0 Å². The standard InChI is InChI=1S/C29H28N2O2/c1-21(23-14-6-3-7-15-23)30(20-22-12-4-2-5-13-22)26-18-10-11-19-27(26)31-28(32)24-16-8-9-17-25(24)29(31)33/h2-17,21,26-27H,18-20H2,1H3/t21-,26-,27-/m1/s1. The van der Waals surface area contributed by atoms with E-state index >= 15 is 0 Å². The molecule has 0 fully saturated rings. The molecule has 0 bridgehead atoms. The van der Waals surface area contributed by atoms with Crippen LogP contribution in [-0.4, -0.2) is 33.7 Å². The van der Waals surface area contributed by atoms with Gasteiger partial charge in [-0.05, 0) is 43.0 Å². The van der Waals surface area contributed by atoms with E-state index in [4.69, 9.17) is 0 Å². The lowest BCUT2D eigenvalue weighted by atomic mass is 9.90. The Kier molecular flexibility index (Phi) is 5.93. The Labute approximate surface area is 195 Å². The summed E-state index contributed by atoms with van der Waals surface area (Å²) >= 11 is 0. The number of nitrogens with zero attached hydrogens (tertiary/aromatic N) is 2. The van der Waals surface area contributed by atoms with Crippen molar-refractivity contribution in [2.45, 2.75) is 44.4 Å². The average molecular weight is 437 g/mol. The van der Waals surface area contributed by atoms with E-state index in [1.165, 1.54) is 16.0 Å². The third-order valence-corrected chi connectivity index (χ3v) is 6.94. The first kappa shape index (κ1) is 21.4. The van der Waals surface area contributed by atoms with E-state index in [-0.39, 0.29) is 29.9 Å². The van der Waals surface area contributed by atoms with Gasteiger partial charge < -0.3 is 0 Å². The van der Waals surface area contributed by atoms with Crippen LogP contribution in [0, 0.1) is 0 Å². The van der Waals surface area contributed by atoms with E-state index < -0.39 is 0 Å². The lowest BCUT2D eigenvalue weighted by Gasteiger charge is -2.44. The van der Waals surface area contributed by atoms with E-state index in [0.717, 1.165) is 13.0 Å². The Balaban J connectivity index is 1.52. The number of carbonyl (C=O) groups excluding carboxylic acids is 2. The predicted octanol–water partition coefficient (Wildman–Crippen LogP) is 5.63. The molecule has 0 saturated heterocycles. The summed E-state index contributed by atoms with van der Waals surface area (Å²) in [6, 6.07) is 28.0. The summed E-state index contributed by atoms with van der Waals surface area (Å²) < 4.78 is 0. The molecule has 0 unspecified atom stereocenters. The fourth-order valence-electron chi connectivity index (χ4n) is 5.19. The van der Waals surface area contributed by atoms with Crippen molar-refractivity contribution in [2.24, 2.45) is 0 Å². The van der Waals surface area contributed by atoms with Crippen LogP contribution in [0.25, 0.3) is 0 Å².